The first-order valence-corrected chi connectivity index (χ1v) is 7.86. The van der Waals surface area contributed by atoms with Crippen LogP contribution in [0.15, 0.2) is 6.33 Å². The minimum atomic E-state index is 0.555. The van der Waals surface area contributed by atoms with Crippen molar-refractivity contribution in [1.29, 1.82) is 0 Å². The lowest BCUT2D eigenvalue weighted by Gasteiger charge is -2.24. The van der Waals surface area contributed by atoms with E-state index in [1.54, 1.807) is 6.33 Å². The summed E-state index contributed by atoms with van der Waals surface area (Å²) in [7, 11) is 1.92. The normalized spacial score (nSPS) is 19.6. The van der Waals surface area contributed by atoms with Crippen LogP contribution in [0.25, 0.3) is 0 Å². The minimum absolute atomic E-state index is 0.555. The number of rotatable bonds is 5. The predicted molar refractivity (Wildman–Crippen MR) is 79.5 cm³/mol. The van der Waals surface area contributed by atoms with Crippen LogP contribution in [0, 0.1) is 0 Å². The van der Waals surface area contributed by atoms with Crippen LogP contribution in [0.1, 0.15) is 31.7 Å². The molecule has 1 aromatic rings. The molecule has 1 aromatic heterocycles. The van der Waals surface area contributed by atoms with Gasteiger partial charge in [-0.2, -0.15) is 11.8 Å². The third kappa shape index (κ3) is 3.28. The van der Waals surface area contributed by atoms with Crippen molar-refractivity contribution in [1.82, 2.24) is 9.97 Å². The molecule has 18 heavy (non-hydrogen) atoms. The Morgan fingerprint density at radius 2 is 2.22 bits per heavy atom. The van der Waals surface area contributed by atoms with E-state index in [0.717, 1.165) is 24.5 Å². The van der Waals surface area contributed by atoms with E-state index in [-0.39, 0.29) is 0 Å². The molecule has 0 saturated carbocycles. The first kappa shape index (κ1) is 13.5. The minimum Gasteiger partial charge on any atom is -0.373 e. The lowest BCUT2D eigenvalue weighted by atomic mass is 10.1. The molecular weight excluding hydrogens is 244 g/mol. The van der Waals surface area contributed by atoms with Crippen molar-refractivity contribution < 1.29 is 0 Å². The van der Waals surface area contributed by atoms with E-state index in [2.05, 4.69) is 27.5 Å². The average Bonchev–Trinajstić information content (AvgIpc) is 2.42. The van der Waals surface area contributed by atoms with Gasteiger partial charge >= 0.3 is 0 Å². The Labute approximate surface area is 113 Å². The van der Waals surface area contributed by atoms with Gasteiger partial charge in [0.05, 0.1) is 0 Å². The topological polar surface area (TPSA) is 49.8 Å². The lowest BCUT2D eigenvalue weighted by Crippen LogP contribution is -2.27. The predicted octanol–water partition coefficient (Wildman–Crippen LogP) is 2.78. The van der Waals surface area contributed by atoms with Crippen LogP contribution in [0.5, 0.6) is 0 Å². The standard InChI is InChI=1S/C13H22N4S/c1-3-5-11-12(14-2)15-9-16-13(11)17-10-6-4-7-18-8-10/h9-10H,3-8H2,1-2H3,(H2,14,15,16,17). The summed E-state index contributed by atoms with van der Waals surface area (Å²) < 4.78 is 0. The Hall–Kier alpha value is -0.970. The smallest absolute Gasteiger partial charge is 0.134 e. The fourth-order valence-corrected chi connectivity index (χ4v) is 3.36. The molecule has 1 fully saturated rings. The molecule has 1 atom stereocenters. The highest BCUT2D eigenvalue weighted by Crippen LogP contribution is 2.25. The molecule has 2 rings (SSSR count). The zero-order valence-corrected chi connectivity index (χ0v) is 12.0. The van der Waals surface area contributed by atoms with Gasteiger partial charge < -0.3 is 10.6 Å². The number of anilines is 2. The zero-order valence-electron chi connectivity index (χ0n) is 11.2. The van der Waals surface area contributed by atoms with Crippen molar-refractivity contribution in [3.8, 4) is 0 Å². The Kier molecular flexibility index (Phi) is 5.11. The van der Waals surface area contributed by atoms with Crippen molar-refractivity contribution >= 4 is 23.4 Å². The van der Waals surface area contributed by atoms with Crippen molar-refractivity contribution in [2.45, 2.75) is 38.6 Å². The van der Waals surface area contributed by atoms with Crippen LogP contribution < -0.4 is 10.6 Å². The van der Waals surface area contributed by atoms with E-state index in [9.17, 15) is 0 Å². The van der Waals surface area contributed by atoms with Gasteiger partial charge in [0.2, 0.25) is 0 Å². The van der Waals surface area contributed by atoms with Crippen molar-refractivity contribution in [2.24, 2.45) is 0 Å². The summed E-state index contributed by atoms with van der Waals surface area (Å²) in [6.45, 7) is 2.19. The van der Waals surface area contributed by atoms with E-state index < -0.39 is 0 Å². The van der Waals surface area contributed by atoms with E-state index in [4.69, 9.17) is 0 Å². The molecule has 2 N–H and O–H groups in total. The summed E-state index contributed by atoms with van der Waals surface area (Å²) >= 11 is 2.03. The van der Waals surface area contributed by atoms with Crippen LogP contribution in [0.2, 0.25) is 0 Å². The van der Waals surface area contributed by atoms with Gasteiger partial charge in [0.15, 0.2) is 0 Å². The second-order valence-corrected chi connectivity index (χ2v) is 5.76. The van der Waals surface area contributed by atoms with Crippen LogP contribution in [-0.4, -0.2) is 34.6 Å². The Balaban J connectivity index is 2.14. The average molecular weight is 266 g/mol. The SMILES string of the molecule is CCCc1c(NC)ncnc1NC1CCCSC1. The van der Waals surface area contributed by atoms with Gasteiger partial charge in [-0.15, -0.1) is 0 Å². The van der Waals surface area contributed by atoms with Gasteiger partial charge in [-0.1, -0.05) is 13.3 Å². The fourth-order valence-electron chi connectivity index (χ4n) is 2.29. The molecule has 0 aliphatic carbocycles. The number of hydrogen-bond donors (Lipinski definition) is 2. The quantitative estimate of drug-likeness (QED) is 0.858. The molecule has 1 aliphatic heterocycles. The van der Waals surface area contributed by atoms with Gasteiger partial charge in [-0.05, 0) is 25.0 Å². The molecule has 1 aliphatic rings. The second-order valence-electron chi connectivity index (χ2n) is 4.61. The van der Waals surface area contributed by atoms with Crippen LogP contribution in [0.3, 0.4) is 0 Å². The Morgan fingerprint density at radius 3 is 2.89 bits per heavy atom. The van der Waals surface area contributed by atoms with Gasteiger partial charge in [0.1, 0.15) is 18.0 Å². The molecule has 2 heterocycles. The molecule has 0 radical (unpaired) electrons. The van der Waals surface area contributed by atoms with Crippen LogP contribution in [0.4, 0.5) is 11.6 Å². The third-order valence-electron chi connectivity index (χ3n) is 3.18. The fraction of sp³-hybridized carbons (Fsp3) is 0.692. The first-order chi connectivity index (χ1) is 8.85. The molecular formula is C13H22N4S. The number of hydrogen-bond acceptors (Lipinski definition) is 5. The van der Waals surface area contributed by atoms with Gasteiger partial charge in [-0.3, -0.25) is 0 Å². The van der Waals surface area contributed by atoms with Crippen LogP contribution in [-0.2, 0) is 6.42 Å². The molecule has 4 nitrogen and oxygen atoms in total. The molecule has 1 saturated heterocycles. The Bertz CT molecular complexity index is 377. The lowest BCUT2D eigenvalue weighted by molar-refractivity contribution is 0.680. The second kappa shape index (κ2) is 6.83. The molecule has 0 aromatic carbocycles. The van der Waals surface area contributed by atoms with Crippen molar-refractivity contribution in [2.75, 3.05) is 29.2 Å². The highest BCUT2D eigenvalue weighted by molar-refractivity contribution is 7.99. The molecule has 5 heteroatoms. The van der Waals surface area contributed by atoms with E-state index >= 15 is 0 Å². The van der Waals surface area contributed by atoms with Crippen LogP contribution >= 0.6 is 11.8 Å². The highest BCUT2D eigenvalue weighted by atomic mass is 32.2. The monoisotopic (exact) mass is 266 g/mol. The van der Waals surface area contributed by atoms with Gasteiger partial charge in [0.25, 0.3) is 0 Å². The highest BCUT2D eigenvalue weighted by Gasteiger charge is 2.17. The molecule has 0 spiro atoms. The molecule has 100 valence electrons. The molecule has 0 amide bonds. The zero-order chi connectivity index (χ0) is 12.8. The summed E-state index contributed by atoms with van der Waals surface area (Å²) in [6.07, 6.45) is 6.31. The maximum atomic E-state index is 4.43. The number of nitrogens with zero attached hydrogens (tertiary/aromatic N) is 2. The number of aromatic nitrogens is 2. The molecule has 1 unspecified atom stereocenters. The summed E-state index contributed by atoms with van der Waals surface area (Å²) in [5.74, 6) is 4.46. The summed E-state index contributed by atoms with van der Waals surface area (Å²) in [4.78, 5) is 8.73. The van der Waals surface area contributed by atoms with Crippen molar-refractivity contribution in [3.05, 3.63) is 11.9 Å². The number of thioether (sulfide) groups is 1. The van der Waals surface area contributed by atoms with E-state index in [1.807, 2.05) is 18.8 Å². The first-order valence-electron chi connectivity index (χ1n) is 6.71. The number of nitrogens with one attached hydrogen (secondary N) is 2. The largest absolute Gasteiger partial charge is 0.373 e. The maximum absolute atomic E-state index is 4.43. The Morgan fingerprint density at radius 1 is 1.39 bits per heavy atom. The molecule has 0 bridgehead atoms. The van der Waals surface area contributed by atoms with Gasteiger partial charge in [0, 0.05) is 24.4 Å². The van der Waals surface area contributed by atoms with E-state index in [1.165, 1.54) is 29.9 Å². The van der Waals surface area contributed by atoms with E-state index in [0.29, 0.717) is 6.04 Å². The maximum Gasteiger partial charge on any atom is 0.134 e. The third-order valence-corrected chi connectivity index (χ3v) is 4.40. The summed E-state index contributed by atoms with van der Waals surface area (Å²) in [5.41, 5.74) is 1.22. The van der Waals surface area contributed by atoms with Gasteiger partial charge in [-0.25, -0.2) is 9.97 Å². The van der Waals surface area contributed by atoms with Crippen molar-refractivity contribution in [3.63, 3.8) is 0 Å². The summed E-state index contributed by atoms with van der Waals surface area (Å²) in [5, 5.41) is 6.76. The summed E-state index contributed by atoms with van der Waals surface area (Å²) in [6, 6.07) is 0.555.